The number of nitrogens with zero attached hydrogens (tertiary/aromatic N) is 2. The maximum Gasteiger partial charge on any atom is 0.116 e. The second-order valence-corrected chi connectivity index (χ2v) is 5.34. The van der Waals surface area contributed by atoms with Gasteiger partial charge in [-0.3, -0.25) is 10.2 Å². The van der Waals surface area contributed by atoms with E-state index in [2.05, 4.69) is 23.2 Å². The zero-order valence-corrected chi connectivity index (χ0v) is 12.0. The number of hydrogen-bond donors (Lipinski definition) is 1. The summed E-state index contributed by atoms with van der Waals surface area (Å²) in [4.78, 5) is 2.36. The smallest absolute Gasteiger partial charge is 0.116 e. The molecule has 0 saturated carbocycles. The first-order valence-corrected chi connectivity index (χ1v) is 7.13. The van der Waals surface area contributed by atoms with Crippen LogP contribution in [0, 0.1) is 11.3 Å². The van der Waals surface area contributed by atoms with Crippen LogP contribution in [-0.4, -0.2) is 49.3 Å². The minimum Gasteiger partial charge on any atom is -0.377 e. The van der Waals surface area contributed by atoms with Gasteiger partial charge in [-0.1, -0.05) is 13.8 Å². The van der Waals surface area contributed by atoms with Crippen LogP contribution in [0.1, 0.15) is 40.0 Å². The third kappa shape index (κ3) is 4.93. The molecule has 0 aromatic heterocycles. The Balaban J connectivity index is 2.44. The number of ether oxygens (including phenoxy) is 1. The molecule has 4 heteroatoms. The van der Waals surface area contributed by atoms with Crippen molar-refractivity contribution in [3.05, 3.63) is 0 Å². The fraction of sp³-hybridized carbons (Fsp3) is 0.929. The molecule has 1 N–H and O–H groups in total. The van der Waals surface area contributed by atoms with E-state index in [-0.39, 0.29) is 0 Å². The van der Waals surface area contributed by atoms with Crippen LogP contribution in [0.3, 0.4) is 0 Å². The average molecular weight is 253 g/mol. The van der Waals surface area contributed by atoms with Gasteiger partial charge in [-0.15, -0.1) is 0 Å². The summed E-state index contributed by atoms with van der Waals surface area (Å²) in [5.41, 5.74) is -0.443. The molecule has 0 radical (unpaired) electrons. The van der Waals surface area contributed by atoms with Crippen molar-refractivity contribution in [1.82, 2.24) is 10.2 Å². The molecule has 1 saturated heterocycles. The lowest BCUT2D eigenvalue weighted by Crippen LogP contribution is -2.53. The summed E-state index contributed by atoms with van der Waals surface area (Å²) in [6.07, 6.45) is 3.75. The highest BCUT2D eigenvalue weighted by atomic mass is 16.5. The Morgan fingerprint density at radius 3 is 2.89 bits per heavy atom. The van der Waals surface area contributed by atoms with Gasteiger partial charge in [-0.05, 0) is 39.3 Å². The highest BCUT2D eigenvalue weighted by molar-refractivity contribution is 5.06. The molecule has 4 nitrogen and oxygen atoms in total. The van der Waals surface area contributed by atoms with Crippen molar-refractivity contribution in [3.63, 3.8) is 0 Å². The molecule has 0 spiro atoms. The lowest BCUT2D eigenvalue weighted by Gasteiger charge is -2.36. The minimum atomic E-state index is -0.443. The Hall–Kier alpha value is -0.630. The van der Waals surface area contributed by atoms with Gasteiger partial charge in [0.05, 0.1) is 12.2 Å². The number of piperidine rings is 1. The number of nitriles is 1. The molecular weight excluding hydrogens is 226 g/mol. The SMILES string of the molecule is CCCOC1CCCN(CC(C)(C#N)NCC)C1. The van der Waals surface area contributed by atoms with Gasteiger partial charge < -0.3 is 4.74 Å². The minimum absolute atomic E-state index is 0.350. The second kappa shape index (κ2) is 7.73. The van der Waals surface area contributed by atoms with Crippen LogP contribution in [0.15, 0.2) is 0 Å². The predicted octanol–water partition coefficient (Wildman–Crippen LogP) is 1.77. The van der Waals surface area contributed by atoms with E-state index in [0.29, 0.717) is 6.10 Å². The van der Waals surface area contributed by atoms with Gasteiger partial charge in [0, 0.05) is 19.7 Å². The zero-order chi connectivity index (χ0) is 13.4. The molecule has 0 aliphatic carbocycles. The number of rotatable bonds is 7. The van der Waals surface area contributed by atoms with E-state index in [4.69, 9.17) is 4.74 Å². The van der Waals surface area contributed by atoms with E-state index in [1.165, 1.54) is 6.42 Å². The van der Waals surface area contributed by atoms with Crippen LogP contribution in [0.4, 0.5) is 0 Å². The van der Waals surface area contributed by atoms with Crippen LogP contribution >= 0.6 is 0 Å². The van der Waals surface area contributed by atoms with Gasteiger partial charge in [-0.25, -0.2) is 0 Å². The van der Waals surface area contributed by atoms with E-state index in [1.54, 1.807) is 0 Å². The van der Waals surface area contributed by atoms with Crippen molar-refractivity contribution in [2.24, 2.45) is 0 Å². The normalized spacial score (nSPS) is 24.4. The van der Waals surface area contributed by atoms with Gasteiger partial charge in [-0.2, -0.15) is 5.26 Å². The predicted molar refractivity (Wildman–Crippen MR) is 73.4 cm³/mol. The summed E-state index contributed by atoms with van der Waals surface area (Å²) < 4.78 is 5.83. The summed E-state index contributed by atoms with van der Waals surface area (Å²) >= 11 is 0. The Morgan fingerprint density at radius 1 is 1.50 bits per heavy atom. The molecular formula is C14H27N3O. The summed E-state index contributed by atoms with van der Waals surface area (Å²) in [5.74, 6) is 0. The van der Waals surface area contributed by atoms with Crippen LogP contribution < -0.4 is 5.32 Å². The molecule has 0 bridgehead atoms. The van der Waals surface area contributed by atoms with Gasteiger partial charge in [0.2, 0.25) is 0 Å². The van der Waals surface area contributed by atoms with E-state index in [1.807, 2.05) is 13.8 Å². The summed E-state index contributed by atoms with van der Waals surface area (Å²) in [6.45, 7) is 10.7. The van der Waals surface area contributed by atoms with Crippen molar-refractivity contribution in [1.29, 1.82) is 5.26 Å². The number of nitrogens with one attached hydrogen (secondary N) is 1. The molecule has 1 aliphatic heterocycles. The van der Waals surface area contributed by atoms with Crippen molar-refractivity contribution in [2.45, 2.75) is 51.7 Å². The molecule has 104 valence electrons. The van der Waals surface area contributed by atoms with Crippen LogP contribution in [-0.2, 0) is 4.74 Å². The van der Waals surface area contributed by atoms with Crippen LogP contribution in [0.5, 0.6) is 0 Å². The maximum atomic E-state index is 9.28. The Morgan fingerprint density at radius 2 is 2.28 bits per heavy atom. The molecule has 0 aromatic carbocycles. The number of hydrogen-bond acceptors (Lipinski definition) is 4. The standard InChI is InChI=1S/C14H27N3O/c1-4-9-18-13-7-6-8-17(10-13)12-14(3,11-15)16-5-2/h13,16H,4-10,12H2,1-3H3. The third-order valence-electron chi connectivity index (χ3n) is 3.37. The largest absolute Gasteiger partial charge is 0.377 e. The van der Waals surface area contributed by atoms with Crippen LogP contribution in [0.25, 0.3) is 0 Å². The van der Waals surface area contributed by atoms with Crippen molar-refractivity contribution < 1.29 is 4.74 Å². The number of likely N-dealkylation sites (N-methyl/N-ethyl adjacent to an activating group) is 1. The fourth-order valence-electron chi connectivity index (χ4n) is 2.55. The Bertz CT molecular complexity index is 277. The van der Waals surface area contributed by atoms with E-state index >= 15 is 0 Å². The van der Waals surface area contributed by atoms with Crippen LogP contribution in [0.2, 0.25) is 0 Å². The van der Waals surface area contributed by atoms with Gasteiger partial charge >= 0.3 is 0 Å². The zero-order valence-electron chi connectivity index (χ0n) is 12.0. The van der Waals surface area contributed by atoms with E-state index in [0.717, 1.165) is 45.6 Å². The maximum absolute atomic E-state index is 9.28. The van der Waals surface area contributed by atoms with E-state index < -0.39 is 5.54 Å². The number of likely N-dealkylation sites (tertiary alicyclic amines) is 1. The molecule has 1 heterocycles. The first-order valence-electron chi connectivity index (χ1n) is 7.13. The molecule has 2 unspecified atom stereocenters. The molecule has 2 atom stereocenters. The lowest BCUT2D eigenvalue weighted by atomic mass is 10.0. The monoisotopic (exact) mass is 253 g/mol. The second-order valence-electron chi connectivity index (χ2n) is 5.34. The molecule has 1 rings (SSSR count). The molecule has 0 aromatic rings. The first kappa shape index (κ1) is 15.4. The van der Waals surface area contributed by atoms with E-state index in [9.17, 15) is 5.26 Å². The first-order chi connectivity index (χ1) is 8.63. The third-order valence-corrected chi connectivity index (χ3v) is 3.37. The fourth-order valence-corrected chi connectivity index (χ4v) is 2.55. The topological polar surface area (TPSA) is 48.3 Å². The molecule has 1 fully saturated rings. The molecule has 0 amide bonds. The molecule has 1 aliphatic rings. The van der Waals surface area contributed by atoms with Gasteiger partial charge in [0.25, 0.3) is 0 Å². The summed E-state index contributed by atoms with van der Waals surface area (Å²) in [5, 5.41) is 12.6. The van der Waals surface area contributed by atoms with Crippen molar-refractivity contribution in [3.8, 4) is 6.07 Å². The average Bonchev–Trinajstić information content (AvgIpc) is 2.37. The van der Waals surface area contributed by atoms with Crippen molar-refractivity contribution >= 4 is 0 Å². The summed E-state index contributed by atoms with van der Waals surface area (Å²) in [6, 6.07) is 2.39. The van der Waals surface area contributed by atoms with Crippen molar-refractivity contribution in [2.75, 3.05) is 32.8 Å². The van der Waals surface area contributed by atoms with Gasteiger partial charge in [0.1, 0.15) is 5.54 Å². The quantitative estimate of drug-likeness (QED) is 0.751. The highest BCUT2D eigenvalue weighted by Gasteiger charge is 2.29. The Kier molecular flexibility index (Phi) is 6.62. The van der Waals surface area contributed by atoms with Gasteiger partial charge in [0.15, 0.2) is 0 Å². The lowest BCUT2D eigenvalue weighted by molar-refractivity contribution is -0.00402. The molecule has 18 heavy (non-hydrogen) atoms. The Labute approximate surface area is 111 Å². The highest BCUT2D eigenvalue weighted by Crippen LogP contribution is 2.16. The summed E-state index contributed by atoms with van der Waals surface area (Å²) in [7, 11) is 0.